The molecule has 0 N–H and O–H groups in total. The van der Waals surface area contributed by atoms with Gasteiger partial charge in [-0.3, -0.25) is 4.79 Å². The zero-order valence-corrected chi connectivity index (χ0v) is 16.6. The Morgan fingerprint density at radius 1 is 1.07 bits per heavy atom. The SMILES string of the molecule is CCC1(c2cccc(OCc3ccc4c(ccc(=O)n4C)c3)c2)CCOCC1. The van der Waals surface area contributed by atoms with Crippen molar-refractivity contribution < 1.29 is 9.47 Å². The first-order chi connectivity index (χ1) is 13.6. The fourth-order valence-electron chi connectivity index (χ4n) is 4.22. The minimum Gasteiger partial charge on any atom is -0.489 e. The van der Waals surface area contributed by atoms with Crippen molar-refractivity contribution in [1.82, 2.24) is 4.57 Å². The Morgan fingerprint density at radius 3 is 2.68 bits per heavy atom. The molecule has 0 saturated carbocycles. The van der Waals surface area contributed by atoms with Crippen LogP contribution in [0.4, 0.5) is 0 Å². The average Bonchev–Trinajstić information content (AvgIpc) is 2.75. The highest BCUT2D eigenvalue weighted by Crippen LogP contribution is 2.39. The first-order valence-electron chi connectivity index (χ1n) is 10.0. The second-order valence-corrected chi connectivity index (χ2v) is 7.69. The summed E-state index contributed by atoms with van der Waals surface area (Å²) in [5, 5.41) is 1.05. The van der Waals surface area contributed by atoms with Crippen molar-refractivity contribution in [2.75, 3.05) is 13.2 Å². The van der Waals surface area contributed by atoms with Gasteiger partial charge in [-0.1, -0.05) is 25.1 Å². The van der Waals surface area contributed by atoms with Crippen LogP contribution in [-0.4, -0.2) is 17.8 Å². The molecule has 28 heavy (non-hydrogen) atoms. The van der Waals surface area contributed by atoms with Crippen LogP contribution in [-0.2, 0) is 23.8 Å². The molecular formula is C24H27NO3. The molecule has 1 saturated heterocycles. The highest BCUT2D eigenvalue weighted by Gasteiger charge is 2.32. The van der Waals surface area contributed by atoms with Gasteiger partial charge in [0.15, 0.2) is 0 Å². The molecule has 0 atom stereocenters. The Labute approximate surface area is 165 Å². The molecule has 0 radical (unpaired) electrons. The first-order valence-corrected chi connectivity index (χ1v) is 10.0. The number of aromatic nitrogens is 1. The van der Waals surface area contributed by atoms with Gasteiger partial charge in [0, 0.05) is 26.3 Å². The average molecular weight is 377 g/mol. The van der Waals surface area contributed by atoms with Gasteiger partial charge in [0.05, 0.1) is 5.52 Å². The highest BCUT2D eigenvalue weighted by atomic mass is 16.5. The molecule has 4 rings (SSSR count). The van der Waals surface area contributed by atoms with E-state index in [4.69, 9.17) is 9.47 Å². The summed E-state index contributed by atoms with van der Waals surface area (Å²) in [6.45, 7) is 4.43. The minimum absolute atomic E-state index is 0.00582. The van der Waals surface area contributed by atoms with Crippen molar-refractivity contribution in [2.24, 2.45) is 7.05 Å². The van der Waals surface area contributed by atoms with Crippen molar-refractivity contribution >= 4 is 10.9 Å². The molecule has 1 fully saturated rings. The van der Waals surface area contributed by atoms with Crippen molar-refractivity contribution in [3.05, 3.63) is 76.1 Å². The number of benzene rings is 2. The third-order valence-corrected chi connectivity index (χ3v) is 6.17. The van der Waals surface area contributed by atoms with Crippen LogP contribution in [0, 0.1) is 0 Å². The van der Waals surface area contributed by atoms with Crippen LogP contribution >= 0.6 is 0 Å². The van der Waals surface area contributed by atoms with Gasteiger partial charge in [0.25, 0.3) is 5.56 Å². The molecule has 3 aromatic rings. The van der Waals surface area contributed by atoms with Crippen LogP contribution in [0.1, 0.15) is 37.3 Å². The van der Waals surface area contributed by atoms with E-state index in [-0.39, 0.29) is 11.0 Å². The molecule has 0 unspecified atom stereocenters. The zero-order valence-electron chi connectivity index (χ0n) is 16.6. The number of nitrogens with zero attached hydrogens (tertiary/aromatic N) is 1. The zero-order chi connectivity index (χ0) is 19.6. The van der Waals surface area contributed by atoms with E-state index in [1.165, 1.54) is 5.56 Å². The third-order valence-electron chi connectivity index (χ3n) is 6.17. The van der Waals surface area contributed by atoms with Crippen LogP contribution in [0.5, 0.6) is 5.75 Å². The van der Waals surface area contributed by atoms with Crippen molar-refractivity contribution in [3.8, 4) is 5.75 Å². The first kappa shape index (κ1) is 18.8. The van der Waals surface area contributed by atoms with Gasteiger partial charge in [0.1, 0.15) is 12.4 Å². The van der Waals surface area contributed by atoms with E-state index in [0.717, 1.165) is 54.7 Å². The predicted molar refractivity (Wildman–Crippen MR) is 112 cm³/mol. The Morgan fingerprint density at radius 2 is 1.89 bits per heavy atom. The molecule has 1 aliphatic heterocycles. The smallest absolute Gasteiger partial charge is 0.250 e. The van der Waals surface area contributed by atoms with Gasteiger partial charge in [-0.05, 0) is 71.5 Å². The van der Waals surface area contributed by atoms with Gasteiger partial charge < -0.3 is 14.0 Å². The number of aryl methyl sites for hydroxylation is 1. The van der Waals surface area contributed by atoms with Crippen LogP contribution in [0.3, 0.4) is 0 Å². The number of hydrogen-bond donors (Lipinski definition) is 0. The maximum atomic E-state index is 11.8. The predicted octanol–water partition coefficient (Wildman–Crippen LogP) is 4.58. The van der Waals surface area contributed by atoms with Gasteiger partial charge in [-0.25, -0.2) is 0 Å². The Kier molecular flexibility index (Phi) is 5.23. The fraction of sp³-hybridized carbons (Fsp3) is 0.375. The van der Waals surface area contributed by atoms with Crippen molar-refractivity contribution in [1.29, 1.82) is 0 Å². The molecular weight excluding hydrogens is 350 g/mol. The number of fused-ring (bicyclic) bond motifs is 1. The largest absolute Gasteiger partial charge is 0.489 e. The lowest BCUT2D eigenvalue weighted by molar-refractivity contribution is 0.0484. The Balaban J connectivity index is 1.53. The molecule has 4 heteroatoms. The topological polar surface area (TPSA) is 40.5 Å². The van der Waals surface area contributed by atoms with E-state index in [9.17, 15) is 4.79 Å². The van der Waals surface area contributed by atoms with Crippen molar-refractivity contribution in [3.63, 3.8) is 0 Å². The quantitative estimate of drug-likeness (QED) is 0.654. The van der Waals surface area contributed by atoms with Gasteiger partial charge in [-0.2, -0.15) is 0 Å². The molecule has 1 aliphatic rings. The maximum absolute atomic E-state index is 11.8. The summed E-state index contributed by atoms with van der Waals surface area (Å²) in [5.41, 5.74) is 3.58. The van der Waals surface area contributed by atoms with Crippen LogP contribution in [0.15, 0.2) is 59.4 Å². The lowest BCUT2D eigenvalue weighted by atomic mass is 9.72. The second-order valence-electron chi connectivity index (χ2n) is 7.69. The summed E-state index contributed by atoms with van der Waals surface area (Å²) in [6, 6.07) is 18.1. The molecule has 0 amide bonds. The van der Waals surface area contributed by atoms with E-state index in [0.29, 0.717) is 6.61 Å². The molecule has 2 heterocycles. The lowest BCUT2D eigenvalue weighted by Crippen LogP contribution is -2.33. The number of hydrogen-bond acceptors (Lipinski definition) is 3. The summed E-state index contributed by atoms with van der Waals surface area (Å²) in [7, 11) is 1.80. The summed E-state index contributed by atoms with van der Waals surface area (Å²) in [5.74, 6) is 0.900. The summed E-state index contributed by atoms with van der Waals surface area (Å²) in [6.07, 6.45) is 3.25. The summed E-state index contributed by atoms with van der Waals surface area (Å²) >= 11 is 0. The van der Waals surface area contributed by atoms with E-state index < -0.39 is 0 Å². The fourth-order valence-corrected chi connectivity index (χ4v) is 4.22. The summed E-state index contributed by atoms with van der Waals surface area (Å²) < 4.78 is 13.4. The summed E-state index contributed by atoms with van der Waals surface area (Å²) in [4.78, 5) is 11.8. The molecule has 0 bridgehead atoms. The van der Waals surface area contributed by atoms with Crippen LogP contribution < -0.4 is 10.3 Å². The molecule has 0 aliphatic carbocycles. The van der Waals surface area contributed by atoms with Crippen LogP contribution in [0.2, 0.25) is 0 Å². The van der Waals surface area contributed by atoms with Crippen LogP contribution in [0.25, 0.3) is 10.9 Å². The van der Waals surface area contributed by atoms with Gasteiger partial charge in [0.2, 0.25) is 0 Å². The molecule has 146 valence electrons. The second kappa shape index (κ2) is 7.80. The molecule has 2 aromatic carbocycles. The van der Waals surface area contributed by atoms with E-state index in [1.807, 2.05) is 24.3 Å². The molecule has 1 aromatic heterocycles. The maximum Gasteiger partial charge on any atom is 0.250 e. The molecule has 0 spiro atoms. The highest BCUT2D eigenvalue weighted by molar-refractivity contribution is 5.79. The number of ether oxygens (including phenoxy) is 2. The van der Waals surface area contributed by atoms with Crippen molar-refractivity contribution in [2.45, 2.75) is 38.2 Å². The van der Waals surface area contributed by atoms with E-state index in [1.54, 1.807) is 17.7 Å². The lowest BCUT2D eigenvalue weighted by Gasteiger charge is -2.37. The minimum atomic E-state index is 0.00582. The van der Waals surface area contributed by atoms with Gasteiger partial charge >= 0.3 is 0 Å². The van der Waals surface area contributed by atoms with E-state index in [2.05, 4.69) is 31.2 Å². The third kappa shape index (κ3) is 3.57. The molecule has 4 nitrogen and oxygen atoms in total. The standard InChI is InChI=1S/C24H27NO3/c1-3-24(11-13-27-14-12-24)20-5-4-6-21(16-20)28-17-18-7-9-22-19(15-18)8-10-23(26)25(22)2/h4-10,15-16H,3,11-14,17H2,1-2H3. The van der Waals surface area contributed by atoms with E-state index >= 15 is 0 Å². The Bertz CT molecular complexity index is 1030. The Hall–Kier alpha value is -2.59. The number of pyridine rings is 1. The number of rotatable bonds is 5. The van der Waals surface area contributed by atoms with Gasteiger partial charge in [-0.15, -0.1) is 0 Å². The normalized spacial score (nSPS) is 16.2. The monoisotopic (exact) mass is 377 g/mol.